The van der Waals surface area contributed by atoms with E-state index in [2.05, 4.69) is 0 Å². The highest BCUT2D eigenvalue weighted by atomic mass is 16.1. The van der Waals surface area contributed by atoms with E-state index in [1.807, 2.05) is 36.6 Å². The SMILES string of the molecule is NC(CC[C]=O)c1ccccc1. The van der Waals surface area contributed by atoms with Crippen molar-refractivity contribution in [3.63, 3.8) is 0 Å². The summed E-state index contributed by atoms with van der Waals surface area (Å²) < 4.78 is 0. The summed E-state index contributed by atoms with van der Waals surface area (Å²) in [4.78, 5) is 9.96. The highest BCUT2D eigenvalue weighted by Gasteiger charge is 2.03. The summed E-state index contributed by atoms with van der Waals surface area (Å²) in [5, 5.41) is 0. The molecule has 0 aliphatic heterocycles. The fourth-order valence-corrected chi connectivity index (χ4v) is 1.08. The Morgan fingerprint density at radius 1 is 1.33 bits per heavy atom. The molecule has 0 amide bonds. The summed E-state index contributed by atoms with van der Waals surface area (Å²) in [6, 6.07) is 9.74. The first kappa shape index (κ1) is 8.94. The molecule has 1 unspecified atom stereocenters. The summed E-state index contributed by atoms with van der Waals surface area (Å²) >= 11 is 0. The Bertz CT molecular complexity index is 233. The van der Waals surface area contributed by atoms with Gasteiger partial charge in [-0.25, -0.2) is 0 Å². The summed E-state index contributed by atoms with van der Waals surface area (Å²) in [6.07, 6.45) is 2.93. The van der Waals surface area contributed by atoms with Crippen molar-refractivity contribution in [2.24, 2.45) is 5.73 Å². The molecule has 1 rings (SSSR count). The van der Waals surface area contributed by atoms with E-state index in [4.69, 9.17) is 5.73 Å². The maximum atomic E-state index is 9.96. The molecular formula is C10H12NO. The Morgan fingerprint density at radius 2 is 2.00 bits per heavy atom. The van der Waals surface area contributed by atoms with Crippen LogP contribution in [-0.4, -0.2) is 6.29 Å². The van der Waals surface area contributed by atoms with E-state index in [1.165, 1.54) is 0 Å². The van der Waals surface area contributed by atoms with E-state index < -0.39 is 0 Å². The molecule has 2 heteroatoms. The van der Waals surface area contributed by atoms with Gasteiger partial charge in [-0.2, -0.15) is 0 Å². The minimum Gasteiger partial charge on any atom is -0.324 e. The van der Waals surface area contributed by atoms with Gasteiger partial charge in [0.15, 0.2) is 6.29 Å². The highest BCUT2D eigenvalue weighted by Crippen LogP contribution is 2.13. The van der Waals surface area contributed by atoms with E-state index >= 15 is 0 Å². The van der Waals surface area contributed by atoms with Gasteiger partial charge in [0.25, 0.3) is 0 Å². The van der Waals surface area contributed by atoms with Crippen LogP contribution in [0.1, 0.15) is 24.4 Å². The molecule has 0 aliphatic rings. The molecule has 63 valence electrons. The molecule has 0 saturated heterocycles. The third kappa shape index (κ3) is 2.47. The molecule has 12 heavy (non-hydrogen) atoms. The fraction of sp³-hybridized carbons (Fsp3) is 0.300. The van der Waals surface area contributed by atoms with Crippen molar-refractivity contribution >= 4 is 6.29 Å². The zero-order chi connectivity index (χ0) is 8.81. The van der Waals surface area contributed by atoms with Gasteiger partial charge in [-0.3, -0.25) is 4.79 Å². The Balaban J connectivity index is 2.53. The molecule has 1 radical (unpaired) electrons. The molecule has 0 saturated carbocycles. The first-order valence-electron chi connectivity index (χ1n) is 4.00. The lowest BCUT2D eigenvalue weighted by Crippen LogP contribution is -2.09. The number of nitrogens with two attached hydrogens (primary N) is 1. The smallest absolute Gasteiger partial charge is 0.198 e. The number of rotatable bonds is 4. The largest absolute Gasteiger partial charge is 0.324 e. The van der Waals surface area contributed by atoms with Gasteiger partial charge < -0.3 is 5.73 Å². The number of hydrogen-bond donors (Lipinski definition) is 1. The standard InChI is InChI=1S/C10H12NO/c11-10(7-4-8-12)9-5-2-1-3-6-9/h1-3,5-6,10H,4,7,11H2. The van der Waals surface area contributed by atoms with Crippen molar-refractivity contribution in [3.05, 3.63) is 35.9 Å². The van der Waals surface area contributed by atoms with Crippen molar-refractivity contribution in [3.8, 4) is 0 Å². The Hall–Kier alpha value is -1.15. The zero-order valence-corrected chi connectivity index (χ0v) is 6.86. The van der Waals surface area contributed by atoms with Crippen LogP contribution in [0.15, 0.2) is 30.3 Å². The fourth-order valence-electron chi connectivity index (χ4n) is 1.08. The molecule has 0 aliphatic carbocycles. The van der Waals surface area contributed by atoms with Crippen LogP contribution in [0.2, 0.25) is 0 Å². The predicted molar refractivity (Wildman–Crippen MR) is 48.3 cm³/mol. The summed E-state index contributed by atoms with van der Waals surface area (Å²) in [7, 11) is 0. The highest BCUT2D eigenvalue weighted by molar-refractivity contribution is 5.50. The summed E-state index contributed by atoms with van der Waals surface area (Å²) in [5.41, 5.74) is 6.88. The summed E-state index contributed by atoms with van der Waals surface area (Å²) in [6.45, 7) is 0. The van der Waals surface area contributed by atoms with Gasteiger partial charge in [-0.15, -0.1) is 0 Å². The van der Waals surface area contributed by atoms with Crippen molar-refractivity contribution < 1.29 is 4.79 Å². The van der Waals surface area contributed by atoms with Crippen LogP contribution in [0.5, 0.6) is 0 Å². The number of carbonyl (C=O) groups excluding carboxylic acids is 1. The quantitative estimate of drug-likeness (QED) is 0.730. The van der Waals surface area contributed by atoms with Gasteiger partial charge in [-0.1, -0.05) is 30.3 Å². The molecule has 2 N–H and O–H groups in total. The second-order valence-corrected chi connectivity index (χ2v) is 2.70. The Labute approximate surface area is 72.4 Å². The first-order chi connectivity index (χ1) is 5.84. The molecule has 0 heterocycles. The van der Waals surface area contributed by atoms with Crippen LogP contribution < -0.4 is 5.73 Å². The lowest BCUT2D eigenvalue weighted by Gasteiger charge is -2.08. The number of benzene rings is 1. The molecule has 0 fully saturated rings. The predicted octanol–water partition coefficient (Wildman–Crippen LogP) is 1.58. The normalized spacial score (nSPS) is 12.4. The molecule has 1 atom stereocenters. The lowest BCUT2D eigenvalue weighted by molar-refractivity contribution is 0.541. The van der Waals surface area contributed by atoms with Crippen LogP contribution in [0.4, 0.5) is 0 Å². The Morgan fingerprint density at radius 3 is 2.58 bits per heavy atom. The van der Waals surface area contributed by atoms with Gasteiger partial charge in [0.05, 0.1) is 0 Å². The van der Waals surface area contributed by atoms with E-state index in [-0.39, 0.29) is 6.04 Å². The average molecular weight is 162 g/mol. The summed E-state index contributed by atoms with van der Waals surface area (Å²) in [5.74, 6) is 0. The van der Waals surface area contributed by atoms with Gasteiger partial charge in [-0.05, 0) is 12.0 Å². The third-order valence-electron chi connectivity index (χ3n) is 1.79. The zero-order valence-electron chi connectivity index (χ0n) is 6.86. The molecule has 1 aromatic carbocycles. The maximum absolute atomic E-state index is 9.96. The van der Waals surface area contributed by atoms with Crippen molar-refractivity contribution in [1.82, 2.24) is 0 Å². The van der Waals surface area contributed by atoms with E-state index in [9.17, 15) is 4.79 Å². The van der Waals surface area contributed by atoms with Crippen molar-refractivity contribution in [2.45, 2.75) is 18.9 Å². The number of hydrogen-bond acceptors (Lipinski definition) is 2. The van der Waals surface area contributed by atoms with Crippen LogP contribution in [-0.2, 0) is 4.79 Å². The minimum absolute atomic E-state index is 0.0346. The van der Waals surface area contributed by atoms with Gasteiger partial charge in [0.2, 0.25) is 0 Å². The molecule has 0 aromatic heterocycles. The second-order valence-electron chi connectivity index (χ2n) is 2.70. The van der Waals surface area contributed by atoms with E-state index in [0.29, 0.717) is 12.8 Å². The first-order valence-corrected chi connectivity index (χ1v) is 4.00. The molecule has 1 aromatic rings. The maximum Gasteiger partial charge on any atom is 0.198 e. The van der Waals surface area contributed by atoms with Crippen LogP contribution in [0, 0.1) is 0 Å². The van der Waals surface area contributed by atoms with Gasteiger partial charge in [0, 0.05) is 12.5 Å². The van der Waals surface area contributed by atoms with Crippen LogP contribution >= 0.6 is 0 Å². The molecule has 0 spiro atoms. The topological polar surface area (TPSA) is 43.1 Å². The second kappa shape index (κ2) is 4.67. The van der Waals surface area contributed by atoms with Crippen LogP contribution in [0.3, 0.4) is 0 Å². The third-order valence-corrected chi connectivity index (χ3v) is 1.79. The molecular weight excluding hydrogens is 150 g/mol. The van der Waals surface area contributed by atoms with Crippen molar-refractivity contribution in [2.75, 3.05) is 0 Å². The minimum atomic E-state index is -0.0346. The monoisotopic (exact) mass is 162 g/mol. The lowest BCUT2D eigenvalue weighted by atomic mass is 10.0. The molecule has 2 nitrogen and oxygen atoms in total. The van der Waals surface area contributed by atoms with Gasteiger partial charge >= 0.3 is 0 Å². The molecule has 0 bridgehead atoms. The van der Waals surface area contributed by atoms with Crippen molar-refractivity contribution in [1.29, 1.82) is 0 Å². The van der Waals surface area contributed by atoms with E-state index in [0.717, 1.165) is 5.56 Å². The average Bonchev–Trinajstić information content (AvgIpc) is 2.15. The van der Waals surface area contributed by atoms with Gasteiger partial charge in [0.1, 0.15) is 0 Å². The van der Waals surface area contributed by atoms with Crippen LogP contribution in [0.25, 0.3) is 0 Å². The Kier molecular flexibility index (Phi) is 3.48. The van der Waals surface area contributed by atoms with E-state index in [1.54, 1.807) is 0 Å².